The topological polar surface area (TPSA) is 78.3 Å². The van der Waals surface area contributed by atoms with Gasteiger partial charge in [-0.25, -0.2) is 0 Å². The third-order valence-electron chi connectivity index (χ3n) is 2.38. The molecule has 0 radical (unpaired) electrons. The maximum absolute atomic E-state index is 12.4. The van der Waals surface area contributed by atoms with Crippen LogP contribution >= 0.6 is 0 Å². The van der Waals surface area contributed by atoms with E-state index in [0.29, 0.717) is 5.56 Å². The lowest BCUT2D eigenvalue weighted by Crippen LogP contribution is -2.33. The highest BCUT2D eigenvalue weighted by molar-refractivity contribution is 5.75. The second kappa shape index (κ2) is 5.26. The van der Waals surface area contributed by atoms with Crippen molar-refractivity contribution in [3.63, 3.8) is 0 Å². The Balaban J connectivity index is 2.89. The predicted molar refractivity (Wildman–Crippen MR) is 59.6 cm³/mol. The van der Waals surface area contributed by atoms with Gasteiger partial charge in [-0.1, -0.05) is 6.07 Å². The Morgan fingerprint density at radius 1 is 1.44 bits per heavy atom. The van der Waals surface area contributed by atoms with Crippen LogP contribution in [0, 0.1) is 0 Å². The van der Waals surface area contributed by atoms with Gasteiger partial charge in [0.25, 0.3) is 0 Å². The summed E-state index contributed by atoms with van der Waals surface area (Å²) < 4.78 is 41.8. The van der Waals surface area contributed by atoms with Crippen molar-refractivity contribution in [2.45, 2.75) is 18.6 Å². The fourth-order valence-corrected chi connectivity index (χ4v) is 1.49. The van der Waals surface area contributed by atoms with Crippen LogP contribution in [0.3, 0.4) is 0 Å². The molecule has 7 heteroatoms. The number of methoxy groups -OCH3 is 1. The first kappa shape index (κ1) is 14.3. The van der Waals surface area contributed by atoms with Crippen molar-refractivity contribution in [3.05, 3.63) is 29.3 Å². The van der Waals surface area contributed by atoms with Gasteiger partial charge >= 0.3 is 12.1 Å². The summed E-state index contributed by atoms with van der Waals surface area (Å²) in [5, 5.41) is 0. The van der Waals surface area contributed by atoms with Crippen molar-refractivity contribution in [1.29, 1.82) is 0 Å². The van der Waals surface area contributed by atoms with Crippen molar-refractivity contribution < 1.29 is 22.7 Å². The molecule has 0 unspecified atom stereocenters. The zero-order valence-electron chi connectivity index (χ0n) is 9.62. The van der Waals surface area contributed by atoms with E-state index < -0.39 is 29.4 Å². The Labute approximate surface area is 102 Å². The third kappa shape index (κ3) is 3.36. The van der Waals surface area contributed by atoms with Crippen LogP contribution in [0.25, 0.3) is 0 Å². The number of nitrogens with two attached hydrogens (primary N) is 2. The summed E-state index contributed by atoms with van der Waals surface area (Å²) >= 11 is 0. The molecule has 0 fully saturated rings. The predicted octanol–water partition coefficient (Wildman–Crippen LogP) is 1.33. The van der Waals surface area contributed by atoms with E-state index in [0.717, 1.165) is 12.1 Å². The number of esters is 1. The Kier molecular flexibility index (Phi) is 4.18. The largest absolute Gasteiger partial charge is 0.468 e. The number of nitrogen functional groups attached to an aromatic ring is 1. The molecule has 0 aliphatic carbocycles. The molecule has 0 amide bonds. The van der Waals surface area contributed by atoms with Crippen molar-refractivity contribution in [2.24, 2.45) is 5.73 Å². The molecule has 4 nitrogen and oxygen atoms in total. The van der Waals surface area contributed by atoms with Gasteiger partial charge in [-0.05, 0) is 24.1 Å². The fraction of sp³-hybridized carbons (Fsp3) is 0.364. The highest BCUT2D eigenvalue weighted by atomic mass is 19.4. The number of rotatable bonds is 3. The second-order valence-electron chi connectivity index (χ2n) is 3.75. The average molecular weight is 262 g/mol. The molecule has 0 heterocycles. The minimum atomic E-state index is -4.49. The van der Waals surface area contributed by atoms with Gasteiger partial charge in [0.1, 0.15) is 6.04 Å². The number of anilines is 1. The lowest BCUT2D eigenvalue weighted by Gasteiger charge is -2.13. The molecule has 1 atom stereocenters. The molecule has 0 aromatic heterocycles. The normalized spacial score (nSPS) is 13.2. The molecule has 0 saturated heterocycles. The summed E-state index contributed by atoms with van der Waals surface area (Å²) in [6.07, 6.45) is -4.43. The second-order valence-corrected chi connectivity index (χ2v) is 3.75. The molecule has 100 valence electrons. The highest BCUT2D eigenvalue weighted by Gasteiger charge is 2.32. The van der Waals surface area contributed by atoms with Gasteiger partial charge in [0.05, 0.1) is 12.7 Å². The molecular formula is C11H13F3N2O2. The highest BCUT2D eigenvalue weighted by Crippen LogP contribution is 2.33. The Bertz CT molecular complexity index is 446. The van der Waals surface area contributed by atoms with Crippen molar-refractivity contribution >= 4 is 11.7 Å². The van der Waals surface area contributed by atoms with Gasteiger partial charge in [0.15, 0.2) is 0 Å². The minimum Gasteiger partial charge on any atom is -0.468 e. The van der Waals surface area contributed by atoms with Crippen LogP contribution in [-0.2, 0) is 22.1 Å². The number of alkyl halides is 3. The minimum absolute atomic E-state index is 0.0645. The zero-order valence-corrected chi connectivity index (χ0v) is 9.62. The molecule has 0 aliphatic heterocycles. The molecule has 0 saturated carbocycles. The van der Waals surface area contributed by atoms with Crippen LogP contribution in [0.1, 0.15) is 11.1 Å². The van der Waals surface area contributed by atoms with E-state index in [1.54, 1.807) is 0 Å². The number of halogens is 3. The monoisotopic (exact) mass is 262 g/mol. The molecule has 1 aromatic carbocycles. The first-order valence-electron chi connectivity index (χ1n) is 5.04. The molecule has 0 bridgehead atoms. The Morgan fingerprint density at radius 3 is 2.50 bits per heavy atom. The number of hydrogen-bond donors (Lipinski definition) is 2. The van der Waals surface area contributed by atoms with Crippen LogP contribution < -0.4 is 11.5 Å². The van der Waals surface area contributed by atoms with Crippen LogP contribution in [-0.4, -0.2) is 19.1 Å². The van der Waals surface area contributed by atoms with Gasteiger partial charge in [-0.15, -0.1) is 0 Å². The van der Waals surface area contributed by atoms with Crippen LogP contribution in [0.5, 0.6) is 0 Å². The van der Waals surface area contributed by atoms with E-state index in [1.165, 1.54) is 13.2 Å². The maximum atomic E-state index is 12.4. The van der Waals surface area contributed by atoms with Crippen molar-refractivity contribution in [2.75, 3.05) is 12.8 Å². The number of ether oxygens (including phenoxy) is 1. The first-order chi connectivity index (χ1) is 8.25. The van der Waals surface area contributed by atoms with Gasteiger partial charge in [-0.3, -0.25) is 4.79 Å². The Morgan fingerprint density at radius 2 is 2.06 bits per heavy atom. The van der Waals surface area contributed by atoms with Crippen LogP contribution in [0.15, 0.2) is 18.2 Å². The molecule has 1 rings (SSSR count). The molecule has 4 N–H and O–H groups in total. The van der Waals surface area contributed by atoms with E-state index in [9.17, 15) is 18.0 Å². The van der Waals surface area contributed by atoms with E-state index in [2.05, 4.69) is 4.74 Å². The van der Waals surface area contributed by atoms with Crippen molar-refractivity contribution in [3.8, 4) is 0 Å². The summed E-state index contributed by atoms with van der Waals surface area (Å²) in [6, 6.07) is 2.34. The van der Waals surface area contributed by atoms with E-state index >= 15 is 0 Å². The number of carbonyl (C=O) groups excluding carboxylic acids is 1. The number of hydrogen-bond acceptors (Lipinski definition) is 4. The molecule has 0 spiro atoms. The summed E-state index contributed by atoms with van der Waals surface area (Å²) in [7, 11) is 1.18. The first-order valence-corrected chi connectivity index (χ1v) is 5.04. The standard InChI is InChI=1S/C11H13F3N2O2/c1-18-10(17)9(16)5-6-2-3-7(8(15)4-6)11(12,13)14/h2-4,9H,5,15-16H2,1H3/t9-/m0/s1. The summed E-state index contributed by atoms with van der Waals surface area (Å²) in [5.74, 6) is -0.631. The summed E-state index contributed by atoms with van der Waals surface area (Å²) in [5.41, 5.74) is 9.96. The van der Waals surface area contributed by atoms with E-state index in [4.69, 9.17) is 11.5 Å². The number of benzene rings is 1. The van der Waals surface area contributed by atoms with E-state index in [1.807, 2.05) is 0 Å². The quantitative estimate of drug-likeness (QED) is 0.636. The molecule has 1 aromatic rings. The van der Waals surface area contributed by atoms with Gasteiger partial charge in [-0.2, -0.15) is 13.2 Å². The summed E-state index contributed by atoms with van der Waals surface area (Å²) in [6.45, 7) is 0. The van der Waals surface area contributed by atoms with E-state index in [-0.39, 0.29) is 6.42 Å². The van der Waals surface area contributed by atoms with Gasteiger partial charge < -0.3 is 16.2 Å². The maximum Gasteiger partial charge on any atom is 0.418 e. The molecule has 18 heavy (non-hydrogen) atoms. The number of carbonyl (C=O) groups is 1. The van der Waals surface area contributed by atoms with Crippen LogP contribution in [0.2, 0.25) is 0 Å². The fourth-order valence-electron chi connectivity index (χ4n) is 1.49. The average Bonchev–Trinajstić information content (AvgIpc) is 2.26. The lowest BCUT2D eigenvalue weighted by atomic mass is 10.0. The van der Waals surface area contributed by atoms with Gasteiger partial charge in [0, 0.05) is 5.69 Å². The molecular weight excluding hydrogens is 249 g/mol. The summed E-state index contributed by atoms with van der Waals surface area (Å²) in [4.78, 5) is 11.1. The van der Waals surface area contributed by atoms with Crippen molar-refractivity contribution in [1.82, 2.24) is 0 Å². The molecule has 0 aliphatic rings. The Hall–Kier alpha value is -1.76. The lowest BCUT2D eigenvalue weighted by molar-refractivity contribution is -0.142. The van der Waals surface area contributed by atoms with Gasteiger partial charge in [0.2, 0.25) is 0 Å². The smallest absolute Gasteiger partial charge is 0.418 e. The van der Waals surface area contributed by atoms with Crippen LogP contribution in [0.4, 0.5) is 18.9 Å². The zero-order chi connectivity index (χ0) is 13.9. The SMILES string of the molecule is COC(=O)[C@@H](N)Cc1ccc(C(F)(F)F)c(N)c1. The third-order valence-corrected chi connectivity index (χ3v) is 2.38.